The molecular formula is C26H30ClN3O5. The molecule has 0 spiro atoms. The maximum absolute atomic E-state index is 12.8. The van der Waals surface area contributed by atoms with E-state index in [-0.39, 0.29) is 12.1 Å². The predicted octanol–water partition coefficient (Wildman–Crippen LogP) is 5.44. The van der Waals surface area contributed by atoms with Gasteiger partial charge in [0.2, 0.25) is 0 Å². The molecule has 2 aromatic carbocycles. The summed E-state index contributed by atoms with van der Waals surface area (Å²) in [6, 6.07) is 13.2. The number of hydrogen-bond acceptors (Lipinski definition) is 5. The Balaban J connectivity index is 1.51. The minimum Gasteiger partial charge on any atom is -0.494 e. The number of nitrogens with zero attached hydrogens (tertiary/aromatic N) is 1. The van der Waals surface area contributed by atoms with Gasteiger partial charge in [0.05, 0.1) is 19.8 Å². The van der Waals surface area contributed by atoms with E-state index < -0.39 is 6.09 Å². The quantitative estimate of drug-likeness (QED) is 0.402. The van der Waals surface area contributed by atoms with Gasteiger partial charge in [0, 0.05) is 34.7 Å². The van der Waals surface area contributed by atoms with Crippen LogP contribution in [0.15, 0.2) is 42.5 Å². The number of alkyl carbamates (subject to hydrolysis) is 1. The molecule has 1 aromatic heterocycles. The van der Waals surface area contributed by atoms with Gasteiger partial charge in [0.15, 0.2) is 0 Å². The molecule has 35 heavy (non-hydrogen) atoms. The Labute approximate surface area is 209 Å². The summed E-state index contributed by atoms with van der Waals surface area (Å²) < 4.78 is 16.0. The lowest BCUT2D eigenvalue weighted by molar-refractivity contribution is 0.0932. The second-order valence-electron chi connectivity index (χ2n) is 8.17. The molecule has 0 saturated carbocycles. The lowest BCUT2D eigenvalue weighted by atomic mass is 9.92. The Morgan fingerprint density at radius 1 is 1.11 bits per heavy atom. The Kier molecular flexibility index (Phi) is 8.02. The molecule has 0 saturated heterocycles. The van der Waals surface area contributed by atoms with Crippen molar-refractivity contribution in [3.05, 3.63) is 64.3 Å². The average molecular weight is 500 g/mol. The number of halogens is 1. The van der Waals surface area contributed by atoms with Gasteiger partial charge in [-0.25, -0.2) is 9.59 Å². The van der Waals surface area contributed by atoms with Gasteiger partial charge >= 0.3 is 12.2 Å². The molecule has 0 fully saturated rings. The number of hydrogen-bond donors (Lipinski definition) is 2. The number of aromatic amines is 1. The smallest absolute Gasteiger partial charge is 0.410 e. The van der Waals surface area contributed by atoms with Gasteiger partial charge in [-0.1, -0.05) is 23.7 Å². The lowest BCUT2D eigenvalue weighted by Crippen LogP contribution is -2.40. The van der Waals surface area contributed by atoms with Crippen LogP contribution < -0.4 is 10.1 Å². The van der Waals surface area contributed by atoms with Gasteiger partial charge in [0.25, 0.3) is 0 Å². The highest BCUT2D eigenvalue weighted by molar-refractivity contribution is 6.31. The van der Waals surface area contributed by atoms with Crippen molar-refractivity contribution in [1.82, 2.24) is 15.2 Å². The Morgan fingerprint density at radius 3 is 2.63 bits per heavy atom. The normalized spacial score (nSPS) is 14.9. The first kappa shape index (κ1) is 24.7. The number of nitrogens with one attached hydrogen (secondary N) is 2. The van der Waals surface area contributed by atoms with E-state index in [4.69, 9.17) is 25.8 Å². The van der Waals surface area contributed by atoms with Crippen molar-refractivity contribution < 1.29 is 23.8 Å². The van der Waals surface area contributed by atoms with E-state index in [2.05, 4.69) is 10.3 Å². The van der Waals surface area contributed by atoms with Crippen molar-refractivity contribution in [2.24, 2.45) is 0 Å². The van der Waals surface area contributed by atoms with Crippen LogP contribution in [0, 0.1) is 0 Å². The molecule has 0 bridgehead atoms. The van der Waals surface area contributed by atoms with Crippen LogP contribution in [0.2, 0.25) is 5.02 Å². The van der Waals surface area contributed by atoms with Crippen molar-refractivity contribution in [3.8, 4) is 5.75 Å². The van der Waals surface area contributed by atoms with Crippen molar-refractivity contribution in [3.63, 3.8) is 0 Å². The third-order valence-electron chi connectivity index (χ3n) is 5.92. The molecule has 8 nitrogen and oxygen atoms in total. The first-order chi connectivity index (χ1) is 17.0. The van der Waals surface area contributed by atoms with E-state index >= 15 is 0 Å². The molecule has 1 aliphatic heterocycles. The zero-order valence-corrected chi connectivity index (χ0v) is 20.7. The maximum Gasteiger partial charge on any atom is 0.410 e. The maximum atomic E-state index is 12.8. The monoisotopic (exact) mass is 499 g/mol. The van der Waals surface area contributed by atoms with Gasteiger partial charge < -0.3 is 24.5 Å². The number of ether oxygens (including phenoxy) is 3. The zero-order chi connectivity index (χ0) is 24.8. The van der Waals surface area contributed by atoms with Crippen LogP contribution in [-0.4, -0.2) is 55.0 Å². The molecule has 1 atom stereocenters. The fourth-order valence-electron chi connectivity index (χ4n) is 4.39. The molecule has 3 aromatic rings. The SMILES string of the molecule is CCOC(=O)NCCCOc1ccc(C2c3[nH]c4ccc(Cl)cc4c3CCN2C(=O)OCC)cc1. The molecule has 0 aliphatic carbocycles. The lowest BCUT2D eigenvalue weighted by Gasteiger charge is -2.35. The summed E-state index contributed by atoms with van der Waals surface area (Å²) in [5.41, 5.74) is 4.09. The average Bonchev–Trinajstić information content (AvgIpc) is 3.22. The van der Waals surface area contributed by atoms with Crippen molar-refractivity contribution in [2.75, 3.05) is 32.9 Å². The first-order valence-corrected chi connectivity index (χ1v) is 12.3. The fraction of sp³-hybridized carbons (Fsp3) is 0.385. The molecule has 4 rings (SSSR count). The van der Waals surface area contributed by atoms with E-state index in [1.807, 2.05) is 49.4 Å². The number of amides is 2. The van der Waals surface area contributed by atoms with Crippen LogP contribution in [0.1, 0.15) is 43.1 Å². The number of aromatic nitrogens is 1. The van der Waals surface area contributed by atoms with Gasteiger partial charge in [-0.3, -0.25) is 4.90 Å². The molecule has 1 aliphatic rings. The number of carbonyl (C=O) groups excluding carboxylic acids is 2. The van der Waals surface area contributed by atoms with Gasteiger partial charge in [-0.15, -0.1) is 0 Å². The van der Waals surface area contributed by atoms with Crippen molar-refractivity contribution in [2.45, 2.75) is 32.7 Å². The molecule has 1 unspecified atom stereocenters. The fourth-order valence-corrected chi connectivity index (χ4v) is 4.56. The summed E-state index contributed by atoms with van der Waals surface area (Å²) in [5, 5.41) is 4.43. The van der Waals surface area contributed by atoms with Gasteiger partial charge in [-0.2, -0.15) is 0 Å². The van der Waals surface area contributed by atoms with Crippen molar-refractivity contribution >= 4 is 34.7 Å². The summed E-state index contributed by atoms with van der Waals surface area (Å²) >= 11 is 6.26. The molecule has 186 valence electrons. The van der Waals surface area contributed by atoms with Crippen LogP contribution >= 0.6 is 11.6 Å². The summed E-state index contributed by atoms with van der Waals surface area (Å²) in [4.78, 5) is 29.4. The first-order valence-electron chi connectivity index (χ1n) is 11.9. The van der Waals surface area contributed by atoms with E-state index in [0.29, 0.717) is 56.5 Å². The largest absolute Gasteiger partial charge is 0.494 e. The molecule has 2 heterocycles. The predicted molar refractivity (Wildman–Crippen MR) is 134 cm³/mol. The van der Waals surface area contributed by atoms with Crippen LogP contribution in [-0.2, 0) is 15.9 Å². The summed E-state index contributed by atoms with van der Waals surface area (Å²) in [6.45, 7) is 5.70. The summed E-state index contributed by atoms with van der Waals surface area (Å²) in [7, 11) is 0. The van der Waals surface area contributed by atoms with Crippen LogP contribution in [0.5, 0.6) is 5.75 Å². The second-order valence-corrected chi connectivity index (χ2v) is 8.61. The molecule has 0 radical (unpaired) electrons. The third-order valence-corrected chi connectivity index (χ3v) is 6.16. The second kappa shape index (κ2) is 11.4. The van der Waals surface area contributed by atoms with E-state index in [1.165, 1.54) is 5.56 Å². The van der Waals surface area contributed by atoms with Gasteiger partial charge in [0.1, 0.15) is 11.8 Å². The minimum atomic E-state index is -0.422. The van der Waals surface area contributed by atoms with Crippen LogP contribution in [0.4, 0.5) is 9.59 Å². The summed E-state index contributed by atoms with van der Waals surface area (Å²) in [6.07, 6.45) is 0.607. The molecular weight excluding hydrogens is 470 g/mol. The Morgan fingerprint density at radius 2 is 1.89 bits per heavy atom. The standard InChI is InChI=1S/C26H30ClN3O5/c1-3-33-25(31)28-13-5-15-35-19-9-6-17(7-10-19)24-23-20(12-14-30(24)26(32)34-4-2)21-16-18(27)8-11-22(21)29-23/h6-11,16,24,29H,3-5,12-15H2,1-2H3,(H,28,31). The van der Waals surface area contributed by atoms with Gasteiger partial charge in [-0.05, 0) is 68.1 Å². The molecule has 9 heteroatoms. The zero-order valence-electron chi connectivity index (χ0n) is 19.9. The third kappa shape index (κ3) is 5.65. The topological polar surface area (TPSA) is 92.9 Å². The van der Waals surface area contributed by atoms with Crippen molar-refractivity contribution in [1.29, 1.82) is 0 Å². The highest BCUT2D eigenvalue weighted by Gasteiger charge is 2.35. The molecule has 2 amide bonds. The number of H-pyrrole nitrogens is 1. The number of carbonyl (C=O) groups is 2. The van der Waals surface area contributed by atoms with E-state index in [9.17, 15) is 9.59 Å². The van der Waals surface area contributed by atoms with Crippen LogP contribution in [0.25, 0.3) is 10.9 Å². The Bertz CT molecular complexity index is 1180. The number of benzene rings is 2. The van der Waals surface area contributed by atoms with E-state index in [0.717, 1.165) is 22.2 Å². The number of rotatable bonds is 8. The minimum absolute atomic E-state index is 0.313. The number of fused-ring (bicyclic) bond motifs is 3. The Hall–Kier alpha value is -3.39. The van der Waals surface area contributed by atoms with E-state index in [1.54, 1.807) is 11.8 Å². The molecule has 2 N–H and O–H groups in total. The highest BCUT2D eigenvalue weighted by atomic mass is 35.5. The van der Waals surface area contributed by atoms with Crippen LogP contribution in [0.3, 0.4) is 0 Å². The summed E-state index contributed by atoms with van der Waals surface area (Å²) in [5.74, 6) is 0.715. The highest BCUT2D eigenvalue weighted by Crippen LogP contribution is 2.39.